The normalized spacial score (nSPS) is 10.9. The summed E-state index contributed by atoms with van der Waals surface area (Å²) in [5, 5.41) is 4.05. The van der Waals surface area contributed by atoms with Gasteiger partial charge in [0, 0.05) is 23.6 Å². The van der Waals surface area contributed by atoms with Crippen molar-refractivity contribution < 1.29 is 4.42 Å². The summed E-state index contributed by atoms with van der Waals surface area (Å²) in [6.45, 7) is 6.09. The number of nitrogens with one attached hydrogen (secondary N) is 1. The Bertz CT molecular complexity index is 516. The predicted molar refractivity (Wildman–Crippen MR) is 78.6 cm³/mol. The Morgan fingerprint density at radius 3 is 2.84 bits per heavy atom. The molecule has 0 aliphatic heterocycles. The second-order valence-corrected chi connectivity index (χ2v) is 5.07. The van der Waals surface area contributed by atoms with Crippen LogP contribution in [-0.2, 0) is 6.42 Å². The minimum Gasteiger partial charge on any atom is -0.441 e. The first-order chi connectivity index (χ1) is 9.19. The van der Waals surface area contributed by atoms with E-state index < -0.39 is 0 Å². The van der Waals surface area contributed by atoms with Crippen molar-refractivity contribution in [1.82, 2.24) is 10.3 Å². The molecule has 0 aliphatic rings. The van der Waals surface area contributed by atoms with Crippen LogP contribution in [0.5, 0.6) is 0 Å². The fraction of sp³-hybridized carbons (Fsp3) is 0.400. The SMILES string of the molecule is CCCNCCc1ncc(-c2cc(C)cc(Cl)c2)o1. The van der Waals surface area contributed by atoms with Crippen molar-refractivity contribution >= 4 is 11.6 Å². The average Bonchev–Trinajstić information content (AvgIpc) is 2.82. The third-order valence-electron chi connectivity index (χ3n) is 2.82. The van der Waals surface area contributed by atoms with Crippen LogP contribution in [0.2, 0.25) is 5.02 Å². The molecule has 0 fully saturated rings. The van der Waals surface area contributed by atoms with Gasteiger partial charge < -0.3 is 9.73 Å². The third kappa shape index (κ3) is 4.08. The van der Waals surface area contributed by atoms with Gasteiger partial charge in [-0.25, -0.2) is 4.98 Å². The van der Waals surface area contributed by atoms with Crippen LogP contribution in [0.25, 0.3) is 11.3 Å². The summed E-state index contributed by atoms with van der Waals surface area (Å²) in [6.07, 6.45) is 3.71. The number of rotatable bonds is 6. The highest BCUT2D eigenvalue weighted by molar-refractivity contribution is 6.30. The van der Waals surface area contributed by atoms with Gasteiger partial charge in [0.05, 0.1) is 6.20 Å². The van der Waals surface area contributed by atoms with Crippen molar-refractivity contribution in [3.8, 4) is 11.3 Å². The molecule has 1 heterocycles. The van der Waals surface area contributed by atoms with Crippen LogP contribution in [0.3, 0.4) is 0 Å². The van der Waals surface area contributed by atoms with Crippen molar-refractivity contribution in [2.45, 2.75) is 26.7 Å². The number of benzene rings is 1. The summed E-state index contributed by atoms with van der Waals surface area (Å²) in [4.78, 5) is 4.30. The Morgan fingerprint density at radius 1 is 1.26 bits per heavy atom. The van der Waals surface area contributed by atoms with E-state index in [1.807, 2.05) is 25.1 Å². The van der Waals surface area contributed by atoms with Crippen LogP contribution in [0.15, 0.2) is 28.8 Å². The van der Waals surface area contributed by atoms with Crippen LogP contribution < -0.4 is 5.32 Å². The molecule has 1 aromatic heterocycles. The summed E-state index contributed by atoms with van der Waals surface area (Å²) in [5.41, 5.74) is 2.09. The van der Waals surface area contributed by atoms with Gasteiger partial charge >= 0.3 is 0 Å². The molecule has 1 N–H and O–H groups in total. The van der Waals surface area contributed by atoms with Crippen LogP contribution in [-0.4, -0.2) is 18.1 Å². The predicted octanol–water partition coefficient (Wildman–Crippen LogP) is 3.85. The number of hydrogen-bond donors (Lipinski definition) is 1. The average molecular weight is 279 g/mol. The molecule has 0 bridgehead atoms. The Balaban J connectivity index is 2.03. The lowest BCUT2D eigenvalue weighted by molar-refractivity contribution is 0.495. The largest absolute Gasteiger partial charge is 0.441 e. The second kappa shape index (κ2) is 6.73. The van der Waals surface area contributed by atoms with Gasteiger partial charge in [-0.05, 0) is 43.7 Å². The second-order valence-electron chi connectivity index (χ2n) is 4.64. The van der Waals surface area contributed by atoms with Gasteiger partial charge in [0.25, 0.3) is 0 Å². The van der Waals surface area contributed by atoms with Gasteiger partial charge in [-0.2, -0.15) is 0 Å². The molecule has 1 aromatic carbocycles. The van der Waals surface area contributed by atoms with E-state index in [1.54, 1.807) is 6.20 Å². The maximum absolute atomic E-state index is 6.05. The van der Waals surface area contributed by atoms with Crippen LogP contribution in [0.1, 0.15) is 24.8 Å². The number of aromatic nitrogens is 1. The van der Waals surface area contributed by atoms with Crippen LogP contribution in [0.4, 0.5) is 0 Å². The molecule has 3 nitrogen and oxygen atoms in total. The minimum atomic E-state index is 0.720. The van der Waals surface area contributed by atoms with Crippen molar-refractivity contribution in [3.05, 3.63) is 40.9 Å². The highest BCUT2D eigenvalue weighted by Gasteiger charge is 2.07. The number of hydrogen-bond acceptors (Lipinski definition) is 3. The van der Waals surface area contributed by atoms with Crippen molar-refractivity contribution in [2.75, 3.05) is 13.1 Å². The van der Waals surface area contributed by atoms with Gasteiger partial charge in [-0.1, -0.05) is 18.5 Å². The Hall–Kier alpha value is -1.32. The number of halogens is 1. The zero-order valence-corrected chi connectivity index (χ0v) is 12.1. The molecule has 0 atom stereocenters. The molecule has 19 heavy (non-hydrogen) atoms. The zero-order valence-electron chi connectivity index (χ0n) is 11.4. The molecular formula is C15H19ClN2O. The number of oxazole rings is 1. The molecular weight excluding hydrogens is 260 g/mol. The maximum Gasteiger partial charge on any atom is 0.196 e. The standard InChI is InChI=1S/C15H19ClN2O/c1-3-5-17-6-4-15-18-10-14(19-15)12-7-11(2)8-13(16)9-12/h7-10,17H,3-6H2,1-2H3. The summed E-state index contributed by atoms with van der Waals surface area (Å²) in [5.74, 6) is 1.53. The van der Waals surface area contributed by atoms with E-state index in [9.17, 15) is 0 Å². The van der Waals surface area contributed by atoms with E-state index in [0.29, 0.717) is 0 Å². The smallest absolute Gasteiger partial charge is 0.196 e. The summed E-state index contributed by atoms with van der Waals surface area (Å²) >= 11 is 6.05. The van der Waals surface area contributed by atoms with Crippen molar-refractivity contribution in [3.63, 3.8) is 0 Å². The molecule has 0 saturated carbocycles. The first-order valence-corrected chi connectivity index (χ1v) is 7.00. The summed E-state index contributed by atoms with van der Waals surface area (Å²) in [7, 11) is 0. The van der Waals surface area contributed by atoms with Crippen LogP contribution in [0, 0.1) is 6.92 Å². The Kier molecular flexibility index (Phi) is 5.00. The minimum absolute atomic E-state index is 0.720. The molecule has 2 aromatic rings. The molecule has 0 saturated heterocycles. The molecule has 102 valence electrons. The first kappa shape index (κ1) is 14.1. The van der Waals surface area contributed by atoms with Gasteiger partial charge in [-0.3, -0.25) is 0 Å². The Morgan fingerprint density at radius 2 is 2.11 bits per heavy atom. The van der Waals surface area contributed by atoms with Gasteiger partial charge in [0.1, 0.15) is 0 Å². The molecule has 0 aliphatic carbocycles. The van der Waals surface area contributed by atoms with E-state index >= 15 is 0 Å². The van der Waals surface area contributed by atoms with Crippen molar-refractivity contribution in [2.24, 2.45) is 0 Å². The molecule has 4 heteroatoms. The molecule has 0 spiro atoms. The van der Waals surface area contributed by atoms with Crippen LogP contribution >= 0.6 is 11.6 Å². The van der Waals surface area contributed by atoms with E-state index in [0.717, 1.165) is 53.7 Å². The number of aryl methyl sites for hydroxylation is 1. The van der Waals surface area contributed by atoms with E-state index in [1.165, 1.54) is 0 Å². The lowest BCUT2D eigenvalue weighted by Crippen LogP contribution is -2.17. The van der Waals surface area contributed by atoms with Gasteiger partial charge in [0.2, 0.25) is 0 Å². The third-order valence-corrected chi connectivity index (χ3v) is 3.04. The lowest BCUT2D eigenvalue weighted by atomic mass is 10.1. The first-order valence-electron chi connectivity index (χ1n) is 6.62. The number of nitrogens with zero attached hydrogens (tertiary/aromatic N) is 1. The van der Waals surface area contributed by atoms with Gasteiger partial charge in [0.15, 0.2) is 11.7 Å². The molecule has 2 rings (SSSR count). The lowest BCUT2D eigenvalue weighted by Gasteiger charge is -2.01. The highest BCUT2D eigenvalue weighted by Crippen LogP contribution is 2.25. The van der Waals surface area contributed by atoms with Gasteiger partial charge in [-0.15, -0.1) is 0 Å². The molecule has 0 radical (unpaired) electrons. The quantitative estimate of drug-likeness (QED) is 0.816. The maximum atomic E-state index is 6.05. The fourth-order valence-electron chi connectivity index (χ4n) is 1.93. The topological polar surface area (TPSA) is 38.1 Å². The fourth-order valence-corrected chi connectivity index (χ4v) is 2.22. The van der Waals surface area contributed by atoms with E-state index in [-0.39, 0.29) is 0 Å². The van der Waals surface area contributed by atoms with Crippen molar-refractivity contribution in [1.29, 1.82) is 0 Å². The summed E-state index contributed by atoms with van der Waals surface area (Å²) < 4.78 is 5.75. The molecule has 0 amide bonds. The van der Waals surface area contributed by atoms with E-state index in [4.69, 9.17) is 16.0 Å². The monoisotopic (exact) mass is 278 g/mol. The van der Waals surface area contributed by atoms with E-state index in [2.05, 4.69) is 17.2 Å². The molecule has 0 unspecified atom stereocenters. The summed E-state index contributed by atoms with van der Waals surface area (Å²) in [6, 6.07) is 5.87. The zero-order chi connectivity index (χ0) is 13.7. The highest BCUT2D eigenvalue weighted by atomic mass is 35.5. The Labute approximate surface area is 119 Å².